The highest BCUT2D eigenvalue weighted by Crippen LogP contribution is 2.48. The fourth-order valence-corrected chi connectivity index (χ4v) is 2.79. The van der Waals surface area contributed by atoms with E-state index in [1.54, 1.807) is 0 Å². The lowest BCUT2D eigenvalue weighted by Gasteiger charge is -2.43. The summed E-state index contributed by atoms with van der Waals surface area (Å²) in [5, 5.41) is 0. The van der Waals surface area contributed by atoms with Crippen LogP contribution in [-0.2, 0) is 0 Å². The van der Waals surface area contributed by atoms with Crippen molar-refractivity contribution in [2.75, 3.05) is 0 Å². The van der Waals surface area contributed by atoms with Crippen molar-refractivity contribution in [2.24, 2.45) is 17.3 Å². The van der Waals surface area contributed by atoms with Crippen molar-refractivity contribution in [3.63, 3.8) is 0 Å². The molecule has 0 aromatic heterocycles. The average molecular weight is 204 g/mol. The summed E-state index contributed by atoms with van der Waals surface area (Å²) >= 11 is 0. The molecule has 0 aromatic rings. The smallest absolute Gasteiger partial charge is 0.00836 e. The lowest BCUT2D eigenvalue weighted by Crippen LogP contribution is -2.33. The molecule has 1 saturated carbocycles. The van der Waals surface area contributed by atoms with Crippen molar-refractivity contribution in [1.82, 2.24) is 0 Å². The largest absolute Gasteiger partial charge is 0.103 e. The maximum Gasteiger partial charge on any atom is -0.00836 e. The summed E-state index contributed by atoms with van der Waals surface area (Å²) < 4.78 is 0. The molecule has 15 heavy (non-hydrogen) atoms. The summed E-state index contributed by atoms with van der Waals surface area (Å²) in [6.45, 7) is 18.8. The monoisotopic (exact) mass is 204 g/mol. The van der Waals surface area contributed by atoms with Crippen molar-refractivity contribution in [3.8, 4) is 0 Å². The minimum atomic E-state index is 0.248. The SMILES string of the molecule is C=C[C@@]1(C)CC[C@@H](C(=C)C)C[C@H]1C(=C)C. The standard InChI is InChI=1S/C15H24/c1-7-15(6)9-8-13(11(2)3)10-14(15)12(4)5/h7,13-14H,1-2,4,8-10H2,3,5-6H3/t13-,14+,15+/m1/s1. The molecule has 0 spiro atoms. The first-order valence-corrected chi connectivity index (χ1v) is 5.85. The van der Waals surface area contributed by atoms with Gasteiger partial charge in [-0.1, -0.05) is 37.3 Å². The van der Waals surface area contributed by atoms with Gasteiger partial charge in [-0.3, -0.25) is 0 Å². The molecule has 1 aliphatic rings. The molecule has 0 amide bonds. The second kappa shape index (κ2) is 4.38. The topological polar surface area (TPSA) is 0 Å². The van der Waals surface area contributed by atoms with Gasteiger partial charge in [0.15, 0.2) is 0 Å². The maximum atomic E-state index is 4.14. The van der Waals surface area contributed by atoms with Gasteiger partial charge in [-0.15, -0.1) is 6.58 Å². The summed E-state index contributed by atoms with van der Waals surface area (Å²) in [7, 11) is 0. The predicted molar refractivity (Wildman–Crippen MR) is 68.8 cm³/mol. The summed E-state index contributed by atoms with van der Waals surface area (Å²) in [6, 6.07) is 0. The van der Waals surface area contributed by atoms with Crippen LogP contribution in [0.4, 0.5) is 0 Å². The number of hydrogen-bond donors (Lipinski definition) is 0. The van der Waals surface area contributed by atoms with Crippen LogP contribution in [0, 0.1) is 17.3 Å². The van der Waals surface area contributed by atoms with Gasteiger partial charge in [0.2, 0.25) is 0 Å². The van der Waals surface area contributed by atoms with Crippen LogP contribution >= 0.6 is 0 Å². The van der Waals surface area contributed by atoms with Crippen molar-refractivity contribution in [2.45, 2.75) is 40.0 Å². The predicted octanol–water partition coefficient (Wildman–Crippen LogP) is 4.75. The number of hydrogen-bond acceptors (Lipinski definition) is 0. The van der Waals surface area contributed by atoms with E-state index in [1.807, 2.05) is 0 Å². The molecule has 0 heteroatoms. The van der Waals surface area contributed by atoms with Gasteiger partial charge in [-0.25, -0.2) is 0 Å². The summed E-state index contributed by atoms with van der Waals surface area (Å²) in [5.74, 6) is 1.25. The van der Waals surface area contributed by atoms with Crippen molar-refractivity contribution >= 4 is 0 Å². The normalized spacial score (nSPS) is 35.9. The van der Waals surface area contributed by atoms with Gasteiger partial charge in [0, 0.05) is 0 Å². The number of rotatable bonds is 3. The van der Waals surface area contributed by atoms with E-state index in [0.29, 0.717) is 11.8 Å². The fourth-order valence-electron chi connectivity index (χ4n) is 2.79. The van der Waals surface area contributed by atoms with Crippen LogP contribution in [-0.4, -0.2) is 0 Å². The Labute approximate surface area is 94.8 Å². The van der Waals surface area contributed by atoms with Crippen LogP contribution < -0.4 is 0 Å². The first kappa shape index (κ1) is 12.3. The molecule has 0 nitrogen and oxygen atoms in total. The highest BCUT2D eigenvalue weighted by atomic mass is 14.4. The summed E-state index contributed by atoms with van der Waals surface area (Å²) in [5.41, 5.74) is 2.87. The van der Waals surface area contributed by atoms with Gasteiger partial charge in [-0.05, 0) is 50.4 Å². The van der Waals surface area contributed by atoms with E-state index in [0.717, 1.165) is 0 Å². The molecule has 0 bridgehead atoms. The summed E-state index contributed by atoms with van der Waals surface area (Å²) in [4.78, 5) is 0. The molecule has 0 radical (unpaired) electrons. The Bertz CT molecular complexity index is 284. The minimum absolute atomic E-state index is 0.248. The van der Waals surface area contributed by atoms with Gasteiger partial charge in [0.05, 0.1) is 0 Å². The molecule has 0 unspecified atom stereocenters. The Morgan fingerprint density at radius 2 is 1.87 bits per heavy atom. The van der Waals surface area contributed by atoms with Crippen LogP contribution in [0.25, 0.3) is 0 Å². The van der Waals surface area contributed by atoms with E-state index >= 15 is 0 Å². The molecule has 1 rings (SSSR count). The Morgan fingerprint density at radius 1 is 1.27 bits per heavy atom. The zero-order valence-corrected chi connectivity index (χ0v) is 10.5. The second-order valence-electron chi connectivity index (χ2n) is 5.43. The first-order chi connectivity index (χ1) is 6.90. The average Bonchev–Trinajstić information content (AvgIpc) is 2.17. The lowest BCUT2D eigenvalue weighted by molar-refractivity contribution is 0.170. The number of allylic oxidation sites excluding steroid dienone is 3. The van der Waals surface area contributed by atoms with Gasteiger partial charge in [-0.2, -0.15) is 0 Å². The highest BCUT2D eigenvalue weighted by molar-refractivity contribution is 5.15. The molecule has 84 valence electrons. The molecule has 0 saturated heterocycles. The minimum Gasteiger partial charge on any atom is -0.103 e. The quantitative estimate of drug-likeness (QED) is 0.582. The molecule has 0 aromatic carbocycles. The molecule has 3 atom stereocenters. The molecule has 0 heterocycles. The van der Waals surface area contributed by atoms with Crippen LogP contribution in [0.1, 0.15) is 40.0 Å². The van der Waals surface area contributed by atoms with E-state index in [2.05, 4.69) is 46.6 Å². The zero-order chi connectivity index (χ0) is 11.6. The first-order valence-electron chi connectivity index (χ1n) is 5.85. The van der Waals surface area contributed by atoms with Crippen molar-refractivity contribution in [3.05, 3.63) is 37.0 Å². The van der Waals surface area contributed by atoms with Gasteiger partial charge in [0.1, 0.15) is 0 Å². The Hall–Kier alpha value is -0.780. The Kier molecular flexibility index (Phi) is 3.59. The highest BCUT2D eigenvalue weighted by Gasteiger charge is 2.38. The van der Waals surface area contributed by atoms with Crippen LogP contribution in [0.2, 0.25) is 0 Å². The van der Waals surface area contributed by atoms with Crippen LogP contribution in [0.15, 0.2) is 37.0 Å². The zero-order valence-electron chi connectivity index (χ0n) is 10.5. The van der Waals surface area contributed by atoms with Gasteiger partial charge in [0.25, 0.3) is 0 Å². The van der Waals surface area contributed by atoms with Crippen molar-refractivity contribution < 1.29 is 0 Å². The fraction of sp³-hybridized carbons (Fsp3) is 0.600. The van der Waals surface area contributed by atoms with E-state index in [4.69, 9.17) is 0 Å². The molecule has 0 N–H and O–H groups in total. The second-order valence-corrected chi connectivity index (χ2v) is 5.43. The van der Waals surface area contributed by atoms with Gasteiger partial charge < -0.3 is 0 Å². The molecule has 1 aliphatic carbocycles. The molecular formula is C15H24. The molecular weight excluding hydrogens is 180 g/mol. The lowest BCUT2D eigenvalue weighted by atomic mass is 9.61. The Balaban J connectivity index is 2.88. The van der Waals surface area contributed by atoms with Crippen LogP contribution in [0.5, 0.6) is 0 Å². The van der Waals surface area contributed by atoms with E-state index in [9.17, 15) is 0 Å². The molecule has 0 aliphatic heterocycles. The summed E-state index contributed by atoms with van der Waals surface area (Å²) in [6.07, 6.45) is 5.79. The third-order valence-electron chi connectivity index (χ3n) is 4.11. The third-order valence-corrected chi connectivity index (χ3v) is 4.11. The Morgan fingerprint density at radius 3 is 2.27 bits per heavy atom. The third kappa shape index (κ3) is 2.42. The van der Waals surface area contributed by atoms with Crippen molar-refractivity contribution in [1.29, 1.82) is 0 Å². The maximum absolute atomic E-state index is 4.14. The van der Waals surface area contributed by atoms with Gasteiger partial charge >= 0.3 is 0 Å². The molecule has 1 fully saturated rings. The van der Waals surface area contributed by atoms with E-state index in [-0.39, 0.29) is 5.41 Å². The van der Waals surface area contributed by atoms with E-state index in [1.165, 1.54) is 30.4 Å². The van der Waals surface area contributed by atoms with E-state index < -0.39 is 0 Å². The van der Waals surface area contributed by atoms with Crippen LogP contribution in [0.3, 0.4) is 0 Å².